The molecular formula is C21H20N4O3. The molecule has 3 aromatic heterocycles. The summed E-state index contributed by atoms with van der Waals surface area (Å²) in [6, 6.07) is 11.7. The van der Waals surface area contributed by atoms with Crippen molar-refractivity contribution in [1.29, 1.82) is 0 Å². The van der Waals surface area contributed by atoms with Gasteiger partial charge in [0.15, 0.2) is 0 Å². The van der Waals surface area contributed by atoms with Crippen molar-refractivity contribution in [1.82, 2.24) is 19.6 Å². The van der Waals surface area contributed by atoms with Gasteiger partial charge < -0.3 is 13.6 Å². The monoisotopic (exact) mass is 376 g/mol. The fraction of sp³-hybridized carbons (Fsp3) is 0.238. The van der Waals surface area contributed by atoms with Crippen LogP contribution in [0, 0.1) is 13.8 Å². The topological polar surface area (TPSA) is 82.5 Å². The first-order valence-corrected chi connectivity index (χ1v) is 9.06. The number of ether oxygens (including phenoxy) is 1. The van der Waals surface area contributed by atoms with Crippen molar-refractivity contribution in [3.05, 3.63) is 71.5 Å². The quantitative estimate of drug-likeness (QED) is 0.478. The number of carbonyl (C=O) groups excluding carboxylic acids is 1. The normalized spacial score (nSPS) is 11.1. The van der Waals surface area contributed by atoms with Crippen LogP contribution in [0.5, 0.6) is 0 Å². The first kappa shape index (κ1) is 17.9. The maximum absolute atomic E-state index is 12.0. The SMILES string of the molecule is Cc1ccc(-c2nnc(CCC(=O)OCc3cn4cc(C)ccc4n3)o2)cc1. The second-order valence-electron chi connectivity index (χ2n) is 6.73. The Balaban J connectivity index is 1.30. The number of hydrogen-bond acceptors (Lipinski definition) is 6. The Morgan fingerprint density at radius 3 is 2.64 bits per heavy atom. The molecular weight excluding hydrogens is 356 g/mol. The largest absolute Gasteiger partial charge is 0.459 e. The Hall–Kier alpha value is -3.48. The molecule has 7 nitrogen and oxygen atoms in total. The zero-order chi connectivity index (χ0) is 19.5. The van der Waals surface area contributed by atoms with E-state index < -0.39 is 0 Å². The Morgan fingerprint density at radius 2 is 1.82 bits per heavy atom. The molecule has 0 bridgehead atoms. The smallest absolute Gasteiger partial charge is 0.306 e. The summed E-state index contributed by atoms with van der Waals surface area (Å²) in [7, 11) is 0. The molecule has 0 spiro atoms. The van der Waals surface area contributed by atoms with Crippen molar-refractivity contribution in [2.24, 2.45) is 0 Å². The minimum atomic E-state index is -0.330. The van der Waals surface area contributed by atoms with Gasteiger partial charge in [0, 0.05) is 24.4 Å². The lowest BCUT2D eigenvalue weighted by atomic mass is 10.1. The van der Waals surface area contributed by atoms with Gasteiger partial charge in [0.1, 0.15) is 12.3 Å². The van der Waals surface area contributed by atoms with E-state index in [0.717, 1.165) is 22.3 Å². The molecule has 28 heavy (non-hydrogen) atoms. The fourth-order valence-electron chi connectivity index (χ4n) is 2.83. The Kier molecular flexibility index (Phi) is 4.89. The van der Waals surface area contributed by atoms with E-state index in [2.05, 4.69) is 15.2 Å². The van der Waals surface area contributed by atoms with Gasteiger partial charge in [-0.05, 0) is 37.6 Å². The van der Waals surface area contributed by atoms with Crippen LogP contribution in [0.25, 0.3) is 17.1 Å². The van der Waals surface area contributed by atoms with E-state index in [9.17, 15) is 4.79 Å². The van der Waals surface area contributed by atoms with Gasteiger partial charge in [0.05, 0.1) is 12.1 Å². The molecule has 0 radical (unpaired) electrons. The van der Waals surface area contributed by atoms with Crippen LogP contribution < -0.4 is 0 Å². The number of pyridine rings is 1. The molecule has 0 saturated heterocycles. The van der Waals surface area contributed by atoms with Crippen molar-refractivity contribution >= 4 is 11.6 Å². The number of hydrogen-bond donors (Lipinski definition) is 0. The van der Waals surface area contributed by atoms with Crippen LogP contribution in [-0.2, 0) is 22.6 Å². The number of aryl methyl sites for hydroxylation is 3. The molecule has 142 valence electrons. The Bertz CT molecular complexity index is 1110. The van der Waals surface area contributed by atoms with Gasteiger partial charge in [-0.1, -0.05) is 23.8 Å². The van der Waals surface area contributed by atoms with Crippen LogP contribution in [0.15, 0.2) is 53.2 Å². The maximum Gasteiger partial charge on any atom is 0.306 e. The van der Waals surface area contributed by atoms with Crippen molar-refractivity contribution in [3.63, 3.8) is 0 Å². The summed E-state index contributed by atoms with van der Waals surface area (Å²) in [4.78, 5) is 16.5. The molecule has 0 amide bonds. The highest BCUT2D eigenvalue weighted by Gasteiger charge is 2.12. The lowest BCUT2D eigenvalue weighted by Crippen LogP contribution is -2.06. The van der Waals surface area contributed by atoms with Crippen LogP contribution in [0.3, 0.4) is 0 Å². The van der Waals surface area contributed by atoms with E-state index in [-0.39, 0.29) is 19.0 Å². The summed E-state index contributed by atoms with van der Waals surface area (Å²) in [5.74, 6) is 0.530. The Morgan fingerprint density at radius 1 is 1.04 bits per heavy atom. The Labute approximate surface area is 162 Å². The highest BCUT2D eigenvalue weighted by Crippen LogP contribution is 2.19. The highest BCUT2D eigenvalue weighted by molar-refractivity contribution is 5.69. The lowest BCUT2D eigenvalue weighted by molar-refractivity contribution is -0.145. The minimum absolute atomic E-state index is 0.137. The van der Waals surface area contributed by atoms with E-state index in [1.807, 2.05) is 67.0 Å². The third kappa shape index (κ3) is 4.09. The second-order valence-corrected chi connectivity index (χ2v) is 6.73. The van der Waals surface area contributed by atoms with Crippen LogP contribution in [0.2, 0.25) is 0 Å². The molecule has 0 aliphatic heterocycles. The number of aromatic nitrogens is 4. The third-order valence-electron chi connectivity index (χ3n) is 4.34. The van der Waals surface area contributed by atoms with Crippen LogP contribution in [-0.4, -0.2) is 25.6 Å². The fourth-order valence-corrected chi connectivity index (χ4v) is 2.83. The molecule has 1 aromatic carbocycles. The lowest BCUT2D eigenvalue weighted by Gasteiger charge is -2.01. The zero-order valence-electron chi connectivity index (χ0n) is 15.8. The number of benzene rings is 1. The molecule has 0 N–H and O–H groups in total. The van der Waals surface area contributed by atoms with Gasteiger partial charge in [0.25, 0.3) is 0 Å². The molecule has 7 heteroatoms. The van der Waals surface area contributed by atoms with E-state index >= 15 is 0 Å². The van der Waals surface area contributed by atoms with Crippen molar-refractivity contribution in [3.8, 4) is 11.5 Å². The van der Waals surface area contributed by atoms with Crippen molar-refractivity contribution in [2.75, 3.05) is 0 Å². The number of rotatable bonds is 6. The van der Waals surface area contributed by atoms with E-state index in [1.165, 1.54) is 0 Å². The number of imidazole rings is 1. The summed E-state index contributed by atoms with van der Waals surface area (Å²) < 4.78 is 12.9. The molecule has 4 rings (SSSR count). The predicted octanol–water partition coefficient (Wildman–Crippen LogP) is 3.68. The van der Waals surface area contributed by atoms with E-state index in [0.29, 0.717) is 23.9 Å². The van der Waals surface area contributed by atoms with Crippen LogP contribution in [0.4, 0.5) is 0 Å². The van der Waals surface area contributed by atoms with Crippen LogP contribution >= 0.6 is 0 Å². The molecule has 0 saturated carbocycles. The molecule has 0 atom stereocenters. The first-order chi connectivity index (χ1) is 13.6. The third-order valence-corrected chi connectivity index (χ3v) is 4.34. The van der Waals surface area contributed by atoms with Crippen LogP contribution in [0.1, 0.15) is 29.1 Å². The maximum atomic E-state index is 12.0. The van der Waals surface area contributed by atoms with Gasteiger partial charge in [-0.2, -0.15) is 0 Å². The molecule has 4 aromatic rings. The van der Waals surface area contributed by atoms with E-state index in [4.69, 9.17) is 9.15 Å². The average Bonchev–Trinajstić information content (AvgIpc) is 3.31. The summed E-state index contributed by atoms with van der Waals surface area (Å²) in [5.41, 5.74) is 4.68. The molecule has 0 fully saturated rings. The number of nitrogens with zero attached hydrogens (tertiary/aromatic N) is 4. The van der Waals surface area contributed by atoms with Gasteiger partial charge in [0.2, 0.25) is 11.8 Å². The summed E-state index contributed by atoms with van der Waals surface area (Å²) in [6.45, 7) is 4.17. The summed E-state index contributed by atoms with van der Waals surface area (Å²) in [6.07, 6.45) is 4.35. The first-order valence-electron chi connectivity index (χ1n) is 9.06. The van der Waals surface area contributed by atoms with Gasteiger partial charge in [-0.3, -0.25) is 4.79 Å². The zero-order valence-corrected chi connectivity index (χ0v) is 15.8. The van der Waals surface area contributed by atoms with Gasteiger partial charge in [-0.25, -0.2) is 4.98 Å². The standard InChI is InChI=1S/C21H20N4O3/c1-14-3-6-16(7-4-14)21-24-23-19(28-21)9-10-20(26)27-13-17-12-25-11-15(2)5-8-18(25)22-17/h3-8,11-12H,9-10,13H2,1-2H3. The summed E-state index contributed by atoms with van der Waals surface area (Å²) >= 11 is 0. The summed E-state index contributed by atoms with van der Waals surface area (Å²) in [5, 5.41) is 8.04. The van der Waals surface area contributed by atoms with Gasteiger partial charge >= 0.3 is 5.97 Å². The minimum Gasteiger partial charge on any atom is -0.459 e. The van der Waals surface area contributed by atoms with Crippen molar-refractivity contribution in [2.45, 2.75) is 33.3 Å². The number of fused-ring (bicyclic) bond motifs is 1. The molecule has 3 heterocycles. The van der Waals surface area contributed by atoms with Gasteiger partial charge in [-0.15, -0.1) is 10.2 Å². The van der Waals surface area contributed by atoms with Crippen molar-refractivity contribution < 1.29 is 13.9 Å². The molecule has 0 aliphatic carbocycles. The molecule has 0 aliphatic rings. The second kappa shape index (κ2) is 7.64. The van der Waals surface area contributed by atoms with E-state index in [1.54, 1.807) is 0 Å². The number of esters is 1. The number of carbonyl (C=O) groups is 1. The average molecular weight is 376 g/mol. The highest BCUT2D eigenvalue weighted by atomic mass is 16.5. The molecule has 0 unspecified atom stereocenters. The predicted molar refractivity (Wildman–Crippen MR) is 103 cm³/mol.